The molecule has 0 fully saturated rings. The predicted octanol–water partition coefficient (Wildman–Crippen LogP) is 5.00. The summed E-state index contributed by atoms with van der Waals surface area (Å²) in [5, 5.41) is 0. The minimum atomic E-state index is 1.00. The Balaban J connectivity index is 2.01. The molecule has 0 amide bonds. The lowest BCUT2D eigenvalue weighted by atomic mass is 10.0. The molecule has 0 bridgehead atoms. The number of benzene rings is 3. The van der Waals surface area contributed by atoms with Crippen LogP contribution < -0.4 is 0 Å². The zero-order valence-corrected chi connectivity index (χ0v) is 12.4. The molecule has 0 saturated heterocycles. The smallest absolute Gasteiger partial charge is 0.111 e. The molecule has 0 N–H and O–H groups in total. The monoisotopic (exact) mass is 284 g/mol. The fraction of sp³-hybridized carbons (Fsp3) is 0.0500. The van der Waals surface area contributed by atoms with Crippen molar-refractivity contribution in [2.45, 2.75) is 6.92 Å². The largest absolute Gasteiger partial charge is 0.297 e. The van der Waals surface area contributed by atoms with Crippen LogP contribution in [0.3, 0.4) is 0 Å². The Bertz CT molecular complexity index is 922. The van der Waals surface area contributed by atoms with E-state index in [0.717, 1.165) is 22.5 Å². The van der Waals surface area contributed by atoms with E-state index >= 15 is 0 Å². The van der Waals surface area contributed by atoms with Gasteiger partial charge in [0.1, 0.15) is 5.82 Å². The maximum absolute atomic E-state index is 4.83. The van der Waals surface area contributed by atoms with Gasteiger partial charge in [-0.2, -0.15) is 0 Å². The van der Waals surface area contributed by atoms with Gasteiger partial charge in [-0.3, -0.25) is 4.57 Å². The fourth-order valence-electron chi connectivity index (χ4n) is 2.97. The highest BCUT2D eigenvalue weighted by atomic mass is 15.1. The van der Waals surface area contributed by atoms with Gasteiger partial charge in [0.25, 0.3) is 0 Å². The molecular weight excluding hydrogens is 268 g/mol. The molecule has 0 saturated carbocycles. The van der Waals surface area contributed by atoms with Crippen LogP contribution >= 0.6 is 0 Å². The van der Waals surface area contributed by atoms with E-state index in [1.54, 1.807) is 0 Å². The first kappa shape index (κ1) is 12.8. The van der Waals surface area contributed by atoms with Gasteiger partial charge in [0.15, 0.2) is 0 Å². The highest BCUT2D eigenvalue weighted by molar-refractivity contribution is 5.93. The Labute approximate surface area is 129 Å². The molecule has 1 aromatic heterocycles. The van der Waals surface area contributed by atoms with Crippen LogP contribution in [0.2, 0.25) is 0 Å². The molecule has 0 radical (unpaired) electrons. The van der Waals surface area contributed by atoms with Crippen LogP contribution in [0.25, 0.3) is 27.8 Å². The van der Waals surface area contributed by atoms with Crippen LogP contribution in [0, 0.1) is 6.92 Å². The van der Waals surface area contributed by atoms with Gasteiger partial charge in [0.2, 0.25) is 0 Å². The molecule has 3 aromatic carbocycles. The molecule has 0 aliphatic heterocycles. The van der Waals surface area contributed by atoms with E-state index in [1.165, 1.54) is 11.1 Å². The summed E-state index contributed by atoms with van der Waals surface area (Å²) < 4.78 is 2.21. The van der Waals surface area contributed by atoms with Crippen molar-refractivity contribution < 1.29 is 0 Å². The third-order valence-corrected chi connectivity index (χ3v) is 3.95. The molecule has 0 unspecified atom stereocenters. The minimum Gasteiger partial charge on any atom is -0.297 e. The number of hydrogen-bond acceptors (Lipinski definition) is 1. The molecule has 1 heterocycles. The second kappa shape index (κ2) is 5.15. The fourth-order valence-corrected chi connectivity index (χ4v) is 2.97. The van der Waals surface area contributed by atoms with E-state index in [9.17, 15) is 0 Å². The number of fused-ring (bicyclic) bond motifs is 1. The number of aromatic nitrogens is 2. The zero-order valence-electron chi connectivity index (χ0n) is 12.4. The summed E-state index contributed by atoms with van der Waals surface area (Å²) in [7, 11) is 0. The summed E-state index contributed by atoms with van der Waals surface area (Å²) in [5.74, 6) is 1.00. The van der Waals surface area contributed by atoms with Crippen LogP contribution in [0.1, 0.15) is 5.82 Å². The lowest BCUT2D eigenvalue weighted by molar-refractivity contribution is 1.00. The van der Waals surface area contributed by atoms with Crippen molar-refractivity contribution >= 4 is 11.0 Å². The third-order valence-electron chi connectivity index (χ3n) is 3.95. The summed E-state index contributed by atoms with van der Waals surface area (Å²) in [4.78, 5) is 4.83. The maximum Gasteiger partial charge on any atom is 0.111 e. The van der Waals surface area contributed by atoms with E-state index in [2.05, 4.69) is 78.2 Å². The van der Waals surface area contributed by atoms with Crippen molar-refractivity contribution in [3.63, 3.8) is 0 Å². The van der Waals surface area contributed by atoms with Crippen molar-refractivity contribution in [1.82, 2.24) is 9.55 Å². The van der Waals surface area contributed by atoms with Crippen molar-refractivity contribution in [2.75, 3.05) is 0 Å². The molecule has 4 aromatic rings. The minimum absolute atomic E-state index is 1.00. The van der Waals surface area contributed by atoms with E-state index in [4.69, 9.17) is 4.98 Å². The molecule has 0 spiro atoms. The van der Waals surface area contributed by atoms with Gasteiger partial charge in [0.05, 0.1) is 11.0 Å². The number of imidazole rings is 1. The quantitative estimate of drug-likeness (QED) is 0.506. The van der Waals surface area contributed by atoms with E-state index in [-0.39, 0.29) is 0 Å². The standard InChI is InChI=1S/C20H16N2/c1-15-21-20-18(16-9-4-2-5-10-16)13-8-14-19(20)22(15)17-11-6-3-7-12-17/h2-14H,1H3. The summed E-state index contributed by atoms with van der Waals surface area (Å²) in [6, 6.07) is 27.2. The van der Waals surface area contributed by atoms with Gasteiger partial charge < -0.3 is 0 Å². The van der Waals surface area contributed by atoms with Crippen molar-refractivity contribution in [2.24, 2.45) is 0 Å². The number of nitrogens with zero attached hydrogens (tertiary/aromatic N) is 2. The Morgan fingerprint density at radius 2 is 1.41 bits per heavy atom. The van der Waals surface area contributed by atoms with Gasteiger partial charge in [-0.15, -0.1) is 0 Å². The second-order valence-corrected chi connectivity index (χ2v) is 5.37. The van der Waals surface area contributed by atoms with Crippen LogP contribution in [0.4, 0.5) is 0 Å². The molecule has 0 aliphatic rings. The van der Waals surface area contributed by atoms with Crippen molar-refractivity contribution in [3.8, 4) is 16.8 Å². The van der Waals surface area contributed by atoms with Gasteiger partial charge in [-0.05, 0) is 30.7 Å². The molecular formula is C20H16N2. The van der Waals surface area contributed by atoms with Gasteiger partial charge in [-0.25, -0.2) is 4.98 Å². The number of aryl methyl sites for hydroxylation is 1. The Morgan fingerprint density at radius 3 is 2.14 bits per heavy atom. The van der Waals surface area contributed by atoms with Crippen LogP contribution in [-0.4, -0.2) is 9.55 Å². The van der Waals surface area contributed by atoms with Crippen molar-refractivity contribution in [1.29, 1.82) is 0 Å². The van der Waals surface area contributed by atoms with Crippen molar-refractivity contribution in [3.05, 3.63) is 84.7 Å². The van der Waals surface area contributed by atoms with Crippen LogP contribution in [-0.2, 0) is 0 Å². The number of para-hydroxylation sites is 2. The maximum atomic E-state index is 4.83. The van der Waals surface area contributed by atoms with E-state index < -0.39 is 0 Å². The lowest BCUT2D eigenvalue weighted by Gasteiger charge is -2.07. The molecule has 2 nitrogen and oxygen atoms in total. The first-order valence-corrected chi connectivity index (χ1v) is 7.43. The summed E-state index contributed by atoms with van der Waals surface area (Å²) in [6.07, 6.45) is 0. The van der Waals surface area contributed by atoms with Crippen LogP contribution in [0.5, 0.6) is 0 Å². The number of rotatable bonds is 2. The highest BCUT2D eigenvalue weighted by Crippen LogP contribution is 2.30. The summed E-state index contributed by atoms with van der Waals surface area (Å²) in [6.45, 7) is 2.06. The molecule has 4 rings (SSSR count). The molecule has 2 heteroatoms. The molecule has 0 aliphatic carbocycles. The van der Waals surface area contributed by atoms with Gasteiger partial charge in [-0.1, -0.05) is 60.7 Å². The Hall–Kier alpha value is -2.87. The third kappa shape index (κ3) is 2.01. The highest BCUT2D eigenvalue weighted by Gasteiger charge is 2.12. The summed E-state index contributed by atoms with van der Waals surface area (Å²) in [5.41, 5.74) is 5.72. The van der Waals surface area contributed by atoms with Gasteiger partial charge in [0, 0.05) is 11.3 Å². The van der Waals surface area contributed by atoms with E-state index in [0.29, 0.717) is 0 Å². The number of hydrogen-bond donors (Lipinski definition) is 0. The molecule has 0 atom stereocenters. The second-order valence-electron chi connectivity index (χ2n) is 5.37. The zero-order chi connectivity index (χ0) is 14.9. The van der Waals surface area contributed by atoms with E-state index in [1.807, 2.05) is 12.1 Å². The summed E-state index contributed by atoms with van der Waals surface area (Å²) >= 11 is 0. The average molecular weight is 284 g/mol. The lowest BCUT2D eigenvalue weighted by Crippen LogP contribution is -1.95. The Kier molecular flexibility index (Phi) is 3.01. The topological polar surface area (TPSA) is 17.8 Å². The molecule has 106 valence electrons. The molecule has 22 heavy (non-hydrogen) atoms. The first-order chi connectivity index (χ1) is 10.8. The van der Waals surface area contributed by atoms with Gasteiger partial charge >= 0.3 is 0 Å². The Morgan fingerprint density at radius 1 is 0.727 bits per heavy atom. The average Bonchev–Trinajstić information content (AvgIpc) is 2.92. The predicted molar refractivity (Wildman–Crippen MR) is 91.2 cm³/mol. The SMILES string of the molecule is Cc1nc2c(-c3ccccc3)cccc2n1-c1ccccc1. The van der Waals surface area contributed by atoms with Crippen LogP contribution in [0.15, 0.2) is 78.9 Å². The first-order valence-electron chi connectivity index (χ1n) is 7.43. The normalized spacial score (nSPS) is 11.0.